The molecule has 1 N–H and O–H groups in total. The fraction of sp³-hybridized carbons (Fsp3) is 0.700. The van der Waals surface area contributed by atoms with Crippen LogP contribution in [0.5, 0.6) is 0 Å². The van der Waals surface area contributed by atoms with Crippen molar-refractivity contribution in [3.05, 3.63) is 16.7 Å². The smallest absolute Gasteiger partial charge is 0.177 e. The number of nitrogens with one attached hydrogen (secondary N) is 1. The maximum atomic E-state index is 5.20. The molecule has 0 atom stereocenters. The summed E-state index contributed by atoms with van der Waals surface area (Å²) >= 11 is 5.20. The number of rotatable bonds is 3. The summed E-state index contributed by atoms with van der Waals surface area (Å²) in [6.07, 6.45) is 4.81. The van der Waals surface area contributed by atoms with Crippen LogP contribution in [-0.4, -0.2) is 34.1 Å². The minimum atomic E-state index is 0.849. The Bertz CT molecular complexity index is 346. The van der Waals surface area contributed by atoms with E-state index in [2.05, 4.69) is 20.6 Å². The molecule has 4 heteroatoms. The van der Waals surface area contributed by atoms with E-state index >= 15 is 0 Å². The van der Waals surface area contributed by atoms with Gasteiger partial charge in [0.1, 0.15) is 0 Å². The van der Waals surface area contributed by atoms with Crippen LogP contribution in [0.15, 0.2) is 6.20 Å². The largest absolute Gasteiger partial charge is 0.335 e. The molecule has 1 saturated heterocycles. The molecule has 0 bridgehead atoms. The fourth-order valence-corrected chi connectivity index (χ4v) is 2.29. The predicted molar refractivity (Wildman–Crippen MR) is 60.0 cm³/mol. The molecule has 1 aromatic rings. The normalized spacial score (nSPS) is 17.8. The molecule has 2 heterocycles. The monoisotopic (exact) mass is 211 g/mol. The van der Waals surface area contributed by atoms with Crippen molar-refractivity contribution < 1.29 is 0 Å². The Labute approximate surface area is 89.7 Å². The summed E-state index contributed by atoms with van der Waals surface area (Å²) < 4.78 is 2.98. The molecule has 0 saturated carbocycles. The number of hydrogen-bond acceptors (Lipinski definition) is 2. The van der Waals surface area contributed by atoms with E-state index in [0.717, 1.165) is 23.6 Å². The van der Waals surface area contributed by atoms with Gasteiger partial charge in [-0.3, -0.25) is 0 Å². The molecule has 1 aromatic heterocycles. The molecule has 14 heavy (non-hydrogen) atoms. The number of aromatic nitrogens is 2. The van der Waals surface area contributed by atoms with Gasteiger partial charge in [-0.1, -0.05) is 0 Å². The Morgan fingerprint density at radius 2 is 2.07 bits per heavy atom. The van der Waals surface area contributed by atoms with Crippen LogP contribution in [0.3, 0.4) is 0 Å². The maximum absolute atomic E-state index is 5.20. The van der Waals surface area contributed by atoms with Gasteiger partial charge in [-0.2, -0.15) is 0 Å². The van der Waals surface area contributed by atoms with Crippen LogP contribution < -0.4 is 0 Å². The standard InChI is InChI=1S/C10H17N3S/c1-9-8-13(10(14)11-9)7-6-12-4-2-3-5-12/h8H,2-7H2,1H3,(H,11,14). The highest BCUT2D eigenvalue weighted by Gasteiger charge is 2.10. The third-order valence-corrected chi connectivity index (χ3v) is 3.11. The summed E-state index contributed by atoms with van der Waals surface area (Å²) in [4.78, 5) is 5.65. The Kier molecular flexibility index (Phi) is 3.03. The van der Waals surface area contributed by atoms with Crippen molar-refractivity contribution in [2.24, 2.45) is 0 Å². The number of H-pyrrole nitrogens is 1. The van der Waals surface area contributed by atoms with Crippen LogP contribution in [0.25, 0.3) is 0 Å². The van der Waals surface area contributed by atoms with Gasteiger partial charge in [0.25, 0.3) is 0 Å². The van der Waals surface area contributed by atoms with Gasteiger partial charge in [-0.15, -0.1) is 0 Å². The molecule has 0 unspecified atom stereocenters. The van der Waals surface area contributed by atoms with Crippen LogP contribution in [0, 0.1) is 11.7 Å². The third kappa shape index (κ3) is 2.25. The highest BCUT2D eigenvalue weighted by Crippen LogP contribution is 2.07. The van der Waals surface area contributed by atoms with Gasteiger partial charge in [0.05, 0.1) is 0 Å². The maximum Gasteiger partial charge on any atom is 0.177 e. The summed E-state index contributed by atoms with van der Waals surface area (Å²) in [7, 11) is 0. The van der Waals surface area contributed by atoms with E-state index in [1.807, 2.05) is 6.92 Å². The van der Waals surface area contributed by atoms with Crippen molar-refractivity contribution in [2.45, 2.75) is 26.3 Å². The molecule has 0 radical (unpaired) electrons. The number of aryl methyl sites for hydroxylation is 1. The zero-order valence-corrected chi connectivity index (χ0v) is 9.44. The van der Waals surface area contributed by atoms with Gasteiger partial charge in [0.2, 0.25) is 0 Å². The molecule has 3 nitrogen and oxygen atoms in total. The van der Waals surface area contributed by atoms with E-state index in [-0.39, 0.29) is 0 Å². The highest BCUT2D eigenvalue weighted by molar-refractivity contribution is 7.71. The molecule has 78 valence electrons. The molecule has 0 aliphatic carbocycles. The second-order valence-corrected chi connectivity index (χ2v) is 4.37. The summed E-state index contributed by atoms with van der Waals surface area (Å²) in [5, 5.41) is 0. The molecule has 1 aliphatic heterocycles. The van der Waals surface area contributed by atoms with Crippen molar-refractivity contribution in [2.75, 3.05) is 19.6 Å². The molecule has 1 aliphatic rings. The van der Waals surface area contributed by atoms with Crippen LogP contribution in [0.1, 0.15) is 18.5 Å². The van der Waals surface area contributed by atoms with E-state index in [0.29, 0.717) is 0 Å². The van der Waals surface area contributed by atoms with Crippen LogP contribution in [-0.2, 0) is 6.54 Å². The van der Waals surface area contributed by atoms with Crippen molar-refractivity contribution >= 4 is 12.2 Å². The van der Waals surface area contributed by atoms with Gasteiger partial charge < -0.3 is 14.5 Å². The number of imidazole rings is 1. The van der Waals surface area contributed by atoms with E-state index in [1.165, 1.54) is 25.9 Å². The minimum Gasteiger partial charge on any atom is -0.335 e. The zero-order valence-electron chi connectivity index (χ0n) is 8.62. The quantitative estimate of drug-likeness (QED) is 0.773. The lowest BCUT2D eigenvalue weighted by Crippen LogP contribution is -2.23. The first-order valence-corrected chi connectivity index (χ1v) is 5.65. The summed E-state index contributed by atoms with van der Waals surface area (Å²) in [6.45, 7) is 6.71. The zero-order chi connectivity index (χ0) is 9.97. The molecule has 0 aromatic carbocycles. The first kappa shape index (κ1) is 9.93. The SMILES string of the molecule is Cc1cn(CCN2CCCC2)c(=S)[nH]1. The average Bonchev–Trinajstić information content (AvgIpc) is 2.72. The third-order valence-electron chi connectivity index (χ3n) is 2.77. The van der Waals surface area contributed by atoms with Gasteiger partial charge in [-0.25, -0.2) is 0 Å². The Balaban J connectivity index is 1.91. The lowest BCUT2D eigenvalue weighted by molar-refractivity contribution is 0.322. The van der Waals surface area contributed by atoms with Crippen LogP contribution in [0.4, 0.5) is 0 Å². The first-order chi connectivity index (χ1) is 6.75. The van der Waals surface area contributed by atoms with Gasteiger partial charge in [-0.05, 0) is 45.1 Å². The van der Waals surface area contributed by atoms with Gasteiger partial charge in [0.15, 0.2) is 4.77 Å². The molecule has 2 rings (SSSR count). The van der Waals surface area contributed by atoms with Gasteiger partial charge >= 0.3 is 0 Å². The molecule has 0 spiro atoms. The summed E-state index contributed by atoms with van der Waals surface area (Å²) in [6, 6.07) is 0. The number of aromatic amines is 1. The second kappa shape index (κ2) is 4.28. The molecule has 1 fully saturated rings. The van der Waals surface area contributed by atoms with Crippen molar-refractivity contribution in [1.29, 1.82) is 0 Å². The highest BCUT2D eigenvalue weighted by atomic mass is 32.1. The summed E-state index contributed by atoms with van der Waals surface area (Å²) in [5.41, 5.74) is 1.15. The Morgan fingerprint density at radius 1 is 1.36 bits per heavy atom. The van der Waals surface area contributed by atoms with Crippen LogP contribution >= 0.6 is 12.2 Å². The molecular weight excluding hydrogens is 194 g/mol. The second-order valence-electron chi connectivity index (χ2n) is 3.98. The van der Waals surface area contributed by atoms with E-state index < -0.39 is 0 Å². The lowest BCUT2D eigenvalue weighted by Gasteiger charge is -2.14. The van der Waals surface area contributed by atoms with Crippen molar-refractivity contribution in [3.8, 4) is 0 Å². The number of likely N-dealkylation sites (tertiary alicyclic amines) is 1. The van der Waals surface area contributed by atoms with Gasteiger partial charge in [0, 0.05) is 25.0 Å². The van der Waals surface area contributed by atoms with Crippen molar-refractivity contribution in [3.63, 3.8) is 0 Å². The topological polar surface area (TPSA) is 24.0 Å². The minimum absolute atomic E-state index is 0.849. The van der Waals surface area contributed by atoms with E-state index in [4.69, 9.17) is 12.2 Å². The average molecular weight is 211 g/mol. The van der Waals surface area contributed by atoms with E-state index in [9.17, 15) is 0 Å². The molecule has 0 amide bonds. The Hall–Kier alpha value is -0.610. The lowest BCUT2D eigenvalue weighted by atomic mass is 10.4. The van der Waals surface area contributed by atoms with Crippen LogP contribution in [0.2, 0.25) is 0 Å². The fourth-order valence-electron chi connectivity index (χ4n) is 1.99. The summed E-state index contributed by atoms with van der Waals surface area (Å²) in [5.74, 6) is 0. The molecular formula is C10H17N3S. The predicted octanol–water partition coefficient (Wildman–Crippen LogP) is 1.95. The van der Waals surface area contributed by atoms with E-state index in [1.54, 1.807) is 0 Å². The number of nitrogens with zero attached hydrogens (tertiary/aromatic N) is 2. The number of hydrogen-bond donors (Lipinski definition) is 1. The van der Waals surface area contributed by atoms with Crippen molar-refractivity contribution in [1.82, 2.24) is 14.5 Å². The Morgan fingerprint density at radius 3 is 2.64 bits per heavy atom. The first-order valence-electron chi connectivity index (χ1n) is 5.24.